The average Bonchev–Trinajstić information content (AvgIpc) is 2.56. The molecule has 0 saturated carbocycles. The van der Waals surface area contributed by atoms with Crippen molar-refractivity contribution in [3.05, 3.63) is 0 Å². The van der Waals surface area contributed by atoms with Crippen molar-refractivity contribution in [2.24, 2.45) is 5.92 Å². The van der Waals surface area contributed by atoms with Gasteiger partial charge in [-0.1, -0.05) is 19.8 Å². The zero-order chi connectivity index (χ0) is 15.7. The third-order valence-electron chi connectivity index (χ3n) is 5.78. The predicted molar refractivity (Wildman–Crippen MR) is 89.7 cm³/mol. The summed E-state index contributed by atoms with van der Waals surface area (Å²) in [5.74, 6) is 0.546. The molecule has 2 heterocycles. The molecule has 2 fully saturated rings. The Bertz CT molecular complexity index is 340. The van der Waals surface area contributed by atoms with Crippen LogP contribution in [0.3, 0.4) is 0 Å². The Morgan fingerprint density at radius 2 is 1.81 bits per heavy atom. The second-order valence-corrected chi connectivity index (χ2v) is 8.09. The van der Waals surface area contributed by atoms with Gasteiger partial charge >= 0.3 is 0 Å². The number of ether oxygens (including phenoxy) is 1. The van der Waals surface area contributed by atoms with Crippen LogP contribution in [0.25, 0.3) is 0 Å². The molecule has 0 bridgehead atoms. The Morgan fingerprint density at radius 3 is 2.43 bits per heavy atom. The molecule has 2 rings (SSSR count). The lowest BCUT2D eigenvalue weighted by Gasteiger charge is -2.37. The Morgan fingerprint density at radius 1 is 1.10 bits per heavy atom. The maximum Gasteiger partial charge on any atom is 0.0790 e. The molecule has 0 aromatic carbocycles. The van der Waals surface area contributed by atoms with Crippen LogP contribution >= 0.6 is 0 Å². The molecule has 0 radical (unpaired) electrons. The summed E-state index contributed by atoms with van der Waals surface area (Å²) in [4.78, 5) is 2.76. The van der Waals surface area contributed by atoms with Crippen LogP contribution in [0.5, 0.6) is 0 Å². The van der Waals surface area contributed by atoms with Gasteiger partial charge in [0.2, 0.25) is 0 Å². The lowest BCUT2D eigenvalue weighted by molar-refractivity contribution is -0.0801. The second-order valence-electron chi connectivity index (χ2n) is 8.09. The lowest BCUT2D eigenvalue weighted by atomic mass is 9.82. The number of likely N-dealkylation sites (N-methyl/N-ethyl adjacent to an activating group) is 1. The van der Waals surface area contributed by atoms with Crippen molar-refractivity contribution in [3.63, 3.8) is 0 Å². The van der Waals surface area contributed by atoms with Crippen LogP contribution in [0, 0.1) is 5.92 Å². The average molecular weight is 296 g/mol. The van der Waals surface area contributed by atoms with Gasteiger partial charge in [0.1, 0.15) is 0 Å². The minimum Gasteiger partial charge on any atom is -0.368 e. The smallest absolute Gasteiger partial charge is 0.0790 e. The first-order chi connectivity index (χ1) is 9.81. The summed E-state index contributed by atoms with van der Waals surface area (Å²) in [6.07, 6.45) is 6.82. The van der Waals surface area contributed by atoms with Crippen LogP contribution in [0.15, 0.2) is 0 Å². The molecule has 0 spiro atoms. The first-order valence-corrected chi connectivity index (χ1v) is 8.93. The minimum atomic E-state index is -0.0868. The van der Waals surface area contributed by atoms with E-state index in [1.165, 1.54) is 45.2 Å². The fourth-order valence-corrected chi connectivity index (χ4v) is 4.77. The fraction of sp³-hybridized carbons (Fsp3) is 1.00. The summed E-state index contributed by atoms with van der Waals surface area (Å²) >= 11 is 0. The topological polar surface area (TPSA) is 24.5 Å². The Kier molecular flexibility index (Phi) is 5.38. The summed E-state index contributed by atoms with van der Waals surface area (Å²) < 4.78 is 6.40. The Hall–Kier alpha value is -0.120. The molecule has 3 unspecified atom stereocenters. The normalized spacial score (nSPS) is 36.6. The minimum absolute atomic E-state index is 0.0538. The van der Waals surface area contributed by atoms with Crippen LogP contribution in [0.1, 0.15) is 66.7 Å². The molecule has 2 saturated heterocycles. The number of hydrogen-bond acceptors (Lipinski definition) is 3. The van der Waals surface area contributed by atoms with Crippen molar-refractivity contribution in [1.29, 1.82) is 0 Å². The van der Waals surface area contributed by atoms with Crippen molar-refractivity contribution in [1.82, 2.24) is 10.2 Å². The van der Waals surface area contributed by atoms with Gasteiger partial charge in [-0.15, -0.1) is 0 Å². The molecule has 21 heavy (non-hydrogen) atoms. The van der Waals surface area contributed by atoms with E-state index in [2.05, 4.69) is 51.9 Å². The quantitative estimate of drug-likeness (QED) is 0.860. The monoisotopic (exact) mass is 296 g/mol. The van der Waals surface area contributed by atoms with Crippen LogP contribution in [-0.4, -0.2) is 48.3 Å². The van der Waals surface area contributed by atoms with Crippen LogP contribution in [0.4, 0.5) is 0 Å². The summed E-state index contributed by atoms with van der Waals surface area (Å²) in [6.45, 7) is 13.8. The third-order valence-corrected chi connectivity index (χ3v) is 5.78. The van der Waals surface area contributed by atoms with E-state index >= 15 is 0 Å². The first-order valence-electron chi connectivity index (χ1n) is 8.93. The Balaban J connectivity index is 2.15. The van der Waals surface area contributed by atoms with Crippen molar-refractivity contribution < 1.29 is 4.74 Å². The number of hydrogen-bond donors (Lipinski definition) is 1. The van der Waals surface area contributed by atoms with Gasteiger partial charge in [0.15, 0.2) is 0 Å². The highest BCUT2D eigenvalue weighted by Gasteiger charge is 2.53. The van der Waals surface area contributed by atoms with Crippen molar-refractivity contribution in [2.45, 2.75) is 90.0 Å². The fourth-order valence-electron chi connectivity index (χ4n) is 4.77. The molecule has 0 aliphatic carbocycles. The zero-order valence-corrected chi connectivity index (χ0v) is 15.0. The molecular weight excluding hydrogens is 260 g/mol. The number of nitrogens with zero attached hydrogens (tertiary/aromatic N) is 1. The van der Waals surface area contributed by atoms with E-state index in [0.29, 0.717) is 12.0 Å². The van der Waals surface area contributed by atoms with E-state index in [1.807, 2.05) is 0 Å². The molecule has 0 aromatic rings. The van der Waals surface area contributed by atoms with Crippen molar-refractivity contribution in [2.75, 3.05) is 20.1 Å². The molecule has 3 heteroatoms. The van der Waals surface area contributed by atoms with Crippen molar-refractivity contribution in [3.8, 4) is 0 Å². The van der Waals surface area contributed by atoms with Gasteiger partial charge in [-0.2, -0.15) is 0 Å². The van der Waals surface area contributed by atoms with Crippen LogP contribution in [0.2, 0.25) is 0 Å². The SMILES string of the molecule is CCC1CCCCCN1CC1C(NC)C(C)(C)OC1(C)C. The number of rotatable bonds is 4. The maximum absolute atomic E-state index is 6.40. The highest BCUT2D eigenvalue weighted by Crippen LogP contribution is 2.43. The van der Waals surface area contributed by atoms with Gasteiger partial charge in [0, 0.05) is 24.5 Å². The largest absolute Gasteiger partial charge is 0.368 e. The maximum atomic E-state index is 6.40. The van der Waals surface area contributed by atoms with Gasteiger partial charge in [-0.25, -0.2) is 0 Å². The molecule has 2 aliphatic rings. The number of likely N-dealkylation sites (tertiary alicyclic amines) is 1. The zero-order valence-electron chi connectivity index (χ0n) is 15.0. The summed E-state index contributed by atoms with van der Waals surface area (Å²) in [5.41, 5.74) is -0.141. The highest BCUT2D eigenvalue weighted by molar-refractivity contribution is 5.06. The summed E-state index contributed by atoms with van der Waals surface area (Å²) in [7, 11) is 2.09. The summed E-state index contributed by atoms with van der Waals surface area (Å²) in [6, 6.07) is 1.19. The molecular formula is C18H36N2O. The van der Waals surface area contributed by atoms with Crippen LogP contribution < -0.4 is 5.32 Å². The Labute approximate surface area is 131 Å². The van der Waals surface area contributed by atoms with Gasteiger partial charge in [0.25, 0.3) is 0 Å². The predicted octanol–water partition coefficient (Wildman–Crippen LogP) is 3.43. The lowest BCUT2D eigenvalue weighted by Crippen LogP contribution is -2.51. The standard InChI is InChI=1S/C18H36N2O/c1-7-14-11-9-8-10-12-20(14)13-15-16(19-6)18(4,5)21-17(15,2)3/h14-16,19H,7-13H2,1-6H3. The number of nitrogens with one attached hydrogen (secondary N) is 1. The molecule has 0 amide bonds. The molecule has 1 N–H and O–H groups in total. The molecule has 3 nitrogen and oxygen atoms in total. The molecule has 0 aromatic heterocycles. The molecule has 124 valence electrons. The van der Waals surface area contributed by atoms with Gasteiger partial charge < -0.3 is 10.1 Å². The van der Waals surface area contributed by atoms with E-state index in [9.17, 15) is 0 Å². The highest BCUT2D eigenvalue weighted by atomic mass is 16.5. The van der Waals surface area contributed by atoms with Crippen molar-refractivity contribution >= 4 is 0 Å². The summed E-state index contributed by atoms with van der Waals surface area (Å²) in [5, 5.41) is 3.55. The van der Waals surface area contributed by atoms with Gasteiger partial charge in [-0.3, -0.25) is 4.90 Å². The first kappa shape index (κ1) is 17.2. The molecule has 3 atom stereocenters. The van der Waals surface area contributed by atoms with E-state index in [0.717, 1.165) is 6.04 Å². The van der Waals surface area contributed by atoms with Gasteiger partial charge in [-0.05, 0) is 60.5 Å². The van der Waals surface area contributed by atoms with Crippen LogP contribution in [-0.2, 0) is 4.74 Å². The van der Waals surface area contributed by atoms with E-state index < -0.39 is 0 Å². The third kappa shape index (κ3) is 3.62. The van der Waals surface area contributed by atoms with Gasteiger partial charge in [0.05, 0.1) is 11.2 Å². The van der Waals surface area contributed by atoms with E-state index in [1.54, 1.807) is 0 Å². The van der Waals surface area contributed by atoms with E-state index in [-0.39, 0.29) is 11.2 Å². The van der Waals surface area contributed by atoms with E-state index in [4.69, 9.17) is 4.74 Å². The second kappa shape index (κ2) is 6.55. The molecule has 2 aliphatic heterocycles.